The van der Waals surface area contributed by atoms with E-state index in [1.807, 2.05) is 18.2 Å². The van der Waals surface area contributed by atoms with E-state index >= 15 is 0 Å². The maximum atomic E-state index is 12.7. The lowest BCUT2D eigenvalue weighted by atomic mass is 10.1. The Morgan fingerprint density at radius 3 is 2.50 bits per heavy atom. The third-order valence-corrected chi connectivity index (χ3v) is 4.27. The number of ether oxygens (including phenoxy) is 2. The van der Waals surface area contributed by atoms with E-state index in [9.17, 15) is 9.59 Å². The first-order valence-corrected chi connectivity index (χ1v) is 9.35. The summed E-state index contributed by atoms with van der Waals surface area (Å²) < 4.78 is 11.1. The summed E-state index contributed by atoms with van der Waals surface area (Å²) in [5.41, 5.74) is 1.80. The molecule has 2 rings (SSSR count). The average molecular weight is 384 g/mol. The molecule has 0 saturated carbocycles. The molecule has 0 radical (unpaired) electrons. The van der Waals surface area contributed by atoms with Crippen LogP contribution in [0.3, 0.4) is 0 Å². The number of carbonyl (C=O) groups is 2. The topological polar surface area (TPSA) is 76.7 Å². The molecule has 150 valence electrons. The van der Waals surface area contributed by atoms with Crippen LogP contribution >= 0.6 is 0 Å². The van der Waals surface area contributed by atoms with Gasteiger partial charge >= 0.3 is 0 Å². The maximum Gasteiger partial charge on any atom is 0.255 e. The molecule has 0 saturated heterocycles. The van der Waals surface area contributed by atoms with Crippen LogP contribution in [-0.2, 0) is 11.2 Å². The minimum atomic E-state index is -0.281. The Hall–Kier alpha value is -3.02. The number of hydrogen-bond donors (Lipinski definition) is 2. The minimum Gasteiger partial charge on any atom is -0.493 e. The molecular formula is C22H28N2O4. The Morgan fingerprint density at radius 2 is 1.82 bits per heavy atom. The predicted molar refractivity (Wildman–Crippen MR) is 110 cm³/mol. The number of likely N-dealkylation sites (N-methyl/N-ethyl adjacent to an activating group) is 1. The van der Waals surface area contributed by atoms with Gasteiger partial charge in [0.1, 0.15) is 0 Å². The second-order valence-electron chi connectivity index (χ2n) is 6.86. The molecule has 6 heteroatoms. The van der Waals surface area contributed by atoms with Gasteiger partial charge in [-0.15, -0.1) is 0 Å². The van der Waals surface area contributed by atoms with Crippen molar-refractivity contribution < 1.29 is 19.1 Å². The van der Waals surface area contributed by atoms with Crippen LogP contribution in [0.15, 0.2) is 42.5 Å². The van der Waals surface area contributed by atoms with Gasteiger partial charge < -0.3 is 20.1 Å². The molecule has 2 aromatic rings. The molecule has 2 N–H and O–H groups in total. The number of hydrogen-bond acceptors (Lipinski definition) is 4. The quantitative estimate of drug-likeness (QED) is 0.692. The summed E-state index contributed by atoms with van der Waals surface area (Å²) in [6.07, 6.45) is 1.13. The zero-order valence-corrected chi connectivity index (χ0v) is 16.9. The molecule has 0 aliphatic carbocycles. The van der Waals surface area contributed by atoms with Crippen LogP contribution in [0.4, 0.5) is 5.69 Å². The lowest BCUT2D eigenvalue weighted by Crippen LogP contribution is -2.21. The summed E-state index contributed by atoms with van der Waals surface area (Å²) in [5, 5.41) is 5.46. The normalized spacial score (nSPS) is 10.5. The molecule has 28 heavy (non-hydrogen) atoms. The van der Waals surface area contributed by atoms with Gasteiger partial charge in [0, 0.05) is 18.3 Å². The first-order chi connectivity index (χ1) is 13.4. The van der Waals surface area contributed by atoms with Gasteiger partial charge in [-0.25, -0.2) is 0 Å². The van der Waals surface area contributed by atoms with Crippen molar-refractivity contribution in [1.29, 1.82) is 0 Å². The number of amides is 2. The molecule has 6 nitrogen and oxygen atoms in total. The van der Waals surface area contributed by atoms with Crippen molar-refractivity contribution in [2.75, 3.05) is 26.1 Å². The van der Waals surface area contributed by atoms with Crippen LogP contribution in [0.25, 0.3) is 0 Å². The molecular weight excluding hydrogens is 356 g/mol. The van der Waals surface area contributed by atoms with Gasteiger partial charge in [0.2, 0.25) is 5.91 Å². The summed E-state index contributed by atoms with van der Waals surface area (Å²) in [4.78, 5) is 24.4. The molecule has 0 aromatic heterocycles. The van der Waals surface area contributed by atoms with E-state index in [2.05, 4.69) is 24.5 Å². The number of benzene rings is 2. The van der Waals surface area contributed by atoms with E-state index in [4.69, 9.17) is 9.47 Å². The van der Waals surface area contributed by atoms with Crippen LogP contribution in [0.1, 0.15) is 36.2 Å². The summed E-state index contributed by atoms with van der Waals surface area (Å²) in [5.74, 6) is 1.27. The molecule has 0 atom stereocenters. The zero-order valence-electron chi connectivity index (χ0n) is 16.9. The molecule has 0 aliphatic rings. The van der Waals surface area contributed by atoms with Crippen LogP contribution in [0.5, 0.6) is 11.5 Å². The Labute approximate surface area is 166 Å². The Balaban J connectivity index is 2.13. The molecule has 0 heterocycles. The number of nitrogens with one attached hydrogen (secondary N) is 2. The summed E-state index contributed by atoms with van der Waals surface area (Å²) >= 11 is 0. The molecule has 0 fully saturated rings. The molecule has 2 amide bonds. The fourth-order valence-electron chi connectivity index (χ4n) is 2.58. The lowest BCUT2D eigenvalue weighted by Gasteiger charge is -2.14. The van der Waals surface area contributed by atoms with Crippen molar-refractivity contribution in [3.8, 4) is 11.5 Å². The smallest absolute Gasteiger partial charge is 0.255 e. The van der Waals surface area contributed by atoms with Crippen molar-refractivity contribution in [2.45, 2.75) is 26.7 Å². The summed E-state index contributed by atoms with van der Waals surface area (Å²) in [6, 6.07) is 12.3. The fraction of sp³-hybridized carbons (Fsp3) is 0.364. The van der Waals surface area contributed by atoms with Gasteiger partial charge in [-0.2, -0.15) is 0 Å². The highest BCUT2D eigenvalue weighted by Gasteiger charge is 2.14. The van der Waals surface area contributed by atoms with Crippen molar-refractivity contribution in [3.63, 3.8) is 0 Å². The van der Waals surface area contributed by atoms with Crippen LogP contribution in [0, 0.1) is 5.92 Å². The number of anilines is 1. The van der Waals surface area contributed by atoms with Crippen molar-refractivity contribution in [3.05, 3.63) is 53.6 Å². The SMILES string of the molecule is CNC(=O)Cc1ccccc1NC(=O)c1ccc(OCCC(C)C)c(OC)c1. The van der Waals surface area contributed by atoms with Crippen LogP contribution in [-0.4, -0.2) is 32.6 Å². The van der Waals surface area contributed by atoms with E-state index in [0.717, 1.165) is 12.0 Å². The van der Waals surface area contributed by atoms with Crippen molar-refractivity contribution >= 4 is 17.5 Å². The Morgan fingerprint density at radius 1 is 1.07 bits per heavy atom. The van der Waals surface area contributed by atoms with Gasteiger partial charge in [-0.05, 0) is 42.2 Å². The number of para-hydroxylation sites is 1. The number of rotatable bonds is 9. The molecule has 2 aromatic carbocycles. The minimum absolute atomic E-state index is 0.119. The highest BCUT2D eigenvalue weighted by Crippen LogP contribution is 2.29. The van der Waals surface area contributed by atoms with Gasteiger partial charge in [-0.3, -0.25) is 9.59 Å². The van der Waals surface area contributed by atoms with Crippen LogP contribution in [0.2, 0.25) is 0 Å². The standard InChI is InChI=1S/C22H28N2O4/c1-15(2)11-12-28-19-10-9-17(13-20(19)27-4)22(26)24-18-8-6-5-7-16(18)14-21(25)23-3/h5-10,13,15H,11-12,14H2,1-4H3,(H,23,25)(H,24,26). The second kappa shape index (κ2) is 10.3. The van der Waals surface area contributed by atoms with E-state index in [0.29, 0.717) is 35.3 Å². The van der Waals surface area contributed by atoms with E-state index in [1.54, 1.807) is 38.4 Å². The van der Waals surface area contributed by atoms with E-state index < -0.39 is 0 Å². The van der Waals surface area contributed by atoms with Gasteiger partial charge in [0.05, 0.1) is 20.1 Å². The number of carbonyl (C=O) groups excluding carboxylic acids is 2. The maximum absolute atomic E-state index is 12.7. The van der Waals surface area contributed by atoms with Crippen LogP contribution < -0.4 is 20.1 Å². The largest absolute Gasteiger partial charge is 0.493 e. The van der Waals surface area contributed by atoms with Crippen molar-refractivity contribution in [1.82, 2.24) is 5.32 Å². The van der Waals surface area contributed by atoms with Gasteiger partial charge in [-0.1, -0.05) is 32.0 Å². The highest BCUT2D eigenvalue weighted by atomic mass is 16.5. The molecule has 0 unspecified atom stereocenters. The highest BCUT2D eigenvalue weighted by molar-refractivity contribution is 6.05. The monoisotopic (exact) mass is 384 g/mol. The average Bonchev–Trinajstić information content (AvgIpc) is 2.69. The van der Waals surface area contributed by atoms with E-state index in [-0.39, 0.29) is 18.2 Å². The predicted octanol–water partition coefficient (Wildman–Crippen LogP) is 3.66. The molecule has 0 bridgehead atoms. The third-order valence-electron chi connectivity index (χ3n) is 4.27. The number of methoxy groups -OCH3 is 1. The van der Waals surface area contributed by atoms with E-state index in [1.165, 1.54) is 0 Å². The summed E-state index contributed by atoms with van der Waals surface area (Å²) in [7, 11) is 3.13. The third kappa shape index (κ3) is 6.01. The molecule has 0 aliphatic heterocycles. The molecule has 0 spiro atoms. The lowest BCUT2D eigenvalue weighted by molar-refractivity contribution is -0.119. The fourth-order valence-corrected chi connectivity index (χ4v) is 2.58. The first kappa shape index (κ1) is 21.3. The second-order valence-corrected chi connectivity index (χ2v) is 6.86. The Bertz CT molecular complexity index is 818. The van der Waals surface area contributed by atoms with Crippen molar-refractivity contribution in [2.24, 2.45) is 5.92 Å². The van der Waals surface area contributed by atoms with Gasteiger partial charge in [0.25, 0.3) is 5.91 Å². The first-order valence-electron chi connectivity index (χ1n) is 9.35. The van der Waals surface area contributed by atoms with Gasteiger partial charge in [0.15, 0.2) is 11.5 Å². The zero-order chi connectivity index (χ0) is 20.5. The Kier molecular flexibility index (Phi) is 7.87. The summed E-state index contributed by atoms with van der Waals surface area (Å²) in [6.45, 7) is 4.86.